The van der Waals surface area contributed by atoms with Crippen molar-refractivity contribution in [3.05, 3.63) is 58.1 Å². The number of anilines is 2. The summed E-state index contributed by atoms with van der Waals surface area (Å²) in [5.41, 5.74) is 5.70. The first-order valence-electron chi connectivity index (χ1n) is 20.7. The van der Waals surface area contributed by atoms with E-state index in [9.17, 15) is 37.1 Å². The number of piperidine rings is 2. The van der Waals surface area contributed by atoms with Crippen molar-refractivity contribution >= 4 is 53.1 Å². The number of nitrogens with zero attached hydrogens (tertiary/aromatic N) is 5. The van der Waals surface area contributed by atoms with Crippen LogP contribution in [-0.4, -0.2) is 151 Å². The third kappa shape index (κ3) is 11.3. The van der Waals surface area contributed by atoms with E-state index in [0.29, 0.717) is 64.8 Å². The molecule has 2 atom stereocenters. The number of para-hydroxylation sites is 1. The van der Waals surface area contributed by atoms with Crippen LogP contribution in [0.3, 0.4) is 0 Å². The smallest absolute Gasteiger partial charge is 0.462 e. The van der Waals surface area contributed by atoms with Crippen molar-refractivity contribution in [3.63, 3.8) is 0 Å². The van der Waals surface area contributed by atoms with Crippen LogP contribution < -0.4 is 11.1 Å². The molecule has 6 rings (SSSR count). The van der Waals surface area contributed by atoms with E-state index in [1.165, 1.54) is 11.0 Å². The first kappa shape index (κ1) is 45.5. The molecule has 3 fully saturated rings. The van der Waals surface area contributed by atoms with Crippen molar-refractivity contribution in [3.8, 4) is 0 Å². The number of piperazine rings is 1. The van der Waals surface area contributed by atoms with Gasteiger partial charge >= 0.3 is 30.4 Å². The first-order valence-corrected chi connectivity index (χ1v) is 21.1. The van der Waals surface area contributed by atoms with Gasteiger partial charge in [0.25, 0.3) is 12.1 Å². The second-order valence-corrected chi connectivity index (χ2v) is 15.8. The molecule has 4 aliphatic heterocycles. The number of alkyl halides is 3. The van der Waals surface area contributed by atoms with Crippen LogP contribution in [0.1, 0.15) is 56.2 Å². The van der Waals surface area contributed by atoms with E-state index in [4.69, 9.17) is 36.3 Å². The molecule has 0 spiro atoms. The van der Waals surface area contributed by atoms with Gasteiger partial charge < -0.3 is 44.7 Å². The molecule has 3 N–H and O–H groups in total. The van der Waals surface area contributed by atoms with Crippen LogP contribution in [-0.2, 0) is 47.6 Å². The zero-order chi connectivity index (χ0) is 43.8. The number of urea groups is 1. The van der Waals surface area contributed by atoms with Crippen molar-refractivity contribution in [1.82, 2.24) is 24.5 Å². The van der Waals surface area contributed by atoms with Crippen LogP contribution >= 0.6 is 11.6 Å². The van der Waals surface area contributed by atoms with Crippen molar-refractivity contribution in [2.24, 2.45) is 0 Å². The summed E-state index contributed by atoms with van der Waals surface area (Å²) in [5.74, 6) is -1.25. The summed E-state index contributed by atoms with van der Waals surface area (Å²) < 4.78 is 63.0. The highest BCUT2D eigenvalue weighted by molar-refractivity contribution is 6.33. The normalized spacial score (nSPS) is 19.6. The third-order valence-corrected chi connectivity index (χ3v) is 12.0. The largest absolute Gasteiger partial charge is 0.510 e. The Morgan fingerprint density at radius 2 is 1.51 bits per heavy atom. The van der Waals surface area contributed by atoms with E-state index in [-0.39, 0.29) is 74.5 Å². The SMILES string of the molecule is CCOC(=O)OC(C(=O)OCC)N1CCC(N2CCN(C(=O)C(Cc3cc(Cl)c(N)c(C(F)(F)F)c3)OC(=O)N3CCC(N4CCc5ccccc5NC4=O)CC3)CC2)CC1. The van der Waals surface area contributed by atoms with Crippen LogP contribution in [0.5, 0.6) is 0 Å². The van der Waals surface area contributed by atoms with Crippen LogP contribution in [0, 0.1) is 0 Å². The maximum atomic E-state index is 14.2. The zero-order valence-electron chi connectivity index (χ0n) is 34.3. The molecular weight excluding hydrogens is 827 g/mol. The molecule has 61 heavy (non-hydrogen) atoms. The highest BCUT2D eigenvalue weighted by atomic mass is 35.5. The number of benzene rings is 2. The number of halogens is 4. The van der Waals surface area contributed by atoms with Crippen LogP contribution in [0.15, 0.2) is 36.4 Å². The Morgan fingerprint density at radius 1 is 0.852 bits per heavy atom. The van der Waals surface area contributed by atoms with Gasteiger partial charge in [-0.25, -0.2) is 19.2 Å². The summed E-state index contributed by atoms with van der Waals surface area (Å²) in [4.78, 5) is 74.5. The molecule has 0 radical (unpaired) electrons. The van der Waals surface area contributed by atoms with Crippen LogP contribution in [0.4, 0.5) is 38.9 Å². The predicted octanol–water partition coefficient (Wildman–Crippen LogP) is 5.21. The molecule has 0 aliphatic carbocycles. The van der Waals surface area contributed by atoms with E-state index >= 15 is 0 Å². The summed E-state index contributed by atoms with van der Waals surface area (Å²) in [5, 5.41) is 2.63. The third-order valence-electron chi connectivity index (χ3n) is 11.7. The lowest BCUT2D eigenvalue weighted by molar-refractivity contribution is -0.168. The Balaban J connectivity index is 1.08. The Labute approximate surface area is 357 Å². The lowest BCUT2D eigenvalue weighted by Crippen LogP contribution is -2.58. The highest BCUT2D eigenvalue weighted by Gasteiger charge is 2.40. The summed E-state index contributed by atoms with van der Waals surface area (Å²) in [6, 6.07) is 9.40. The number of fused-ring (bicyclic) bond motifs is 1. The molecule has 2 aromatic carbocycles. The number of carbonyl (C=O) groups is 5. The summed E-state index contributed by atoms with van der Waals surface area (Å²) in [6.07, 6.45) is -6.84. The average molecular weight is 880 g/mol. The minimum Gasteiger partial charge on any atom is -0.462 e. The van der Waals surface area contributed by atoms with Crippen LogP contribution in [0.25, 0.3) is 0 Å². The van der Waals surface area contributed by atoms with E-state index in [0.717, 1.165) is 17.3 Å². The van der Waals surface area contributed by atoms with E-state index in [2.05, 4.69) is 10.2 Å². The Morgan fingerprint density at radius 3 is 2.16 bits per heavy atom. The molecule has 2 unspecified atom stereocenters. The molecular formula is C41H53ClF3N7O9. The number of hydrogen-bond acceptors (Lipinski definition) is 12. The molecule has 0 aromatic heterocycles. The Hall–Kier alpha value is -5.01. The van der Waals surface area contributed by atoms with E-state index in [1.54, 1.807) is 28.5 Å². The van der Waals surface area contributed by atoms with E-state index in [1.807, 2.05) is 24.3 Å². The molecule has 4 heterocycles. The molecule has 3 saturated heterocycles. The number of nitrogens with two attached hydrogens (primary N) is 1. The van der Waals surface area contributed by atoms with Gasteiger partial charge in [0, 0.05) is 83.1 Å². The highest BCUT2D eigenvalue weighted by Crippen LogP contribution is 2.38. The maximum absolute atomic E-state index is 14.2. The molecule has 4 amide bonds. The molecule has 0 saturated carbocycles. The average Bonchev–Trinajstić information content (AvgIpc) is 3.41. The number of rotatable bonds is 11. The maximum Gasteiger partial charge on any atom is 0.510 e. The van der Waals surface area contributed by atoms with Gasteiger partial charge in [0.15, 0.2) is 6.10 Å². The van der Waals surface area contributed by atoms with Gasteiger partial charge in [-0.1, -0.05) is 29.8 Å². The Kier molecular flexibility index (Phi) is 15.1. The van der Waals surface area contributed by atoms with Crippen molar-refractivity contribution in [2.45, 2.75) is 83.0 Å². The standard InChI is InChI=1S/C41H53ClF3N7O9/c1-3-58-37(54)36(61-40(57)59-4-2)50-14-10-28(11-15-50)48-19-21-49(22-20-48)35(53)33(25-26-23-30(41(43,44)45)34(46)31(42)24-26)60-39(56)51-16-12-29(13-17-51)52-18-9-27-7-5-6-8-32(27)47-38(52)55/h5-8,23-24,28-29,33,36H,3-4,9-22,25,46H2,1-2H3,(H,47,55). The molecule has 334 valence electrons. The summed E-state index contributed by atoms with van der Waals surface area (Å²) in [7, 11) is 0. The Bertz CT molecular complexity index is 1900. The summed E-state index contributed by atoms with van der Waals surface area (Å²) >= 11 is 6.14. The van der Waals surface area contributed by atoms with E-state index < -0.39 is 53.9 Å². The minimum atomic E-state index is -4.82. The van der Waals surface area contributed by atoms with Gasteiger partial charge in [-0.05, 0) is 75.3 Å². The van der Waals surface area contributed by atoms with Crippen molar-refractivity contribution in [2.75, 3.05) is 83.2 Å². The van der Waals surface area contributed by atoms with Gasteiger partial charge in [0.1, 0.15) is 0 Å². The molecule has 4 aliphatic rings. The van der Waals surface area contributed by atoms with Gasteiger partial charge in [-0.2, -0.15) is 13.2 Å². The number of likely N-dealkylation sites (tertiary alicyclic amines) is 2. The number of esters is 1. The topological polar surface area (TPSA) is 177 Å². The van der Waals surface area contributed by atoms with Crippen LogP contribution in [0.2, 0.25) is 5.02 Å². The minimum absolute atomic E-state index is 0.0167. The number of nitrogen functional groups attached to an aromatic ring is 1. The molecule has 0 bridgehead atoms. The fraction of sp³-hybridized carbons (Fsp3) is 0.585. The van der Waals surface area contributed by atoms with Gasteiger partial charge in [0.05, 0.1) is 29.5 Å². The number of ether oxygens (including phenoxy) is 4. The van der Waals surface area contributed by atoms with Gasteiger partial charge in [-0.3, -0.25) is 14.6 Å². The molecule has 20 heteroatoms. The number of amides is 4. The number of nitrogens with one attached hydrogen (secondary N) is 1. The first-order chi connectivity index (χ1) is 29.2. The molecule has 16 nitrogen and oxygen atoms in total. The quantitative estimate of drug-likeness (QED) is 0.172. The van der Waals surface area contributed by atoms with Crippen molar-refractivity contribution < 1.29 is 56.1 Å². The fourth-order valence-corrected chi connectivity index (χ4v) is 8.68. The lowest BCUT2D eigenvalue weighted by Gasteiger charge is -2.44. The number of carbonyl (C=O) groups excluding carboxylic acids is 5. The number of hydrogen-bond donors (Lipinski definition) is 2. The van der Waals surface area contributed by atoms with Gasteiger partial charge in [-0.15, -0.1) is 0 Å². The predicted molar refractivity (Wildman–Crippen MR) is 217 cm³/mol. The monoisotopic (exact) mass is 879 g/mol. The molecule has 2 aromatic rings. The lowest BCUT2D eigenvalue weighted by atomic mass is 10.0. The second-order valence-electron chi connectivity index (χ2n) is 15.4. The van der Waals surface area contributed by atoms with Gasteiger partial charge in [0.2, 0.25) is 0 Å². The van der Waals surface area contributed by atoms with Crippen molar-refractivity contribution in [1.29, 1.82) is 0 Å². The summed E-state index contributed by atoms with van der Waals surface area (Å²) in [6.45, 7) is 6.74. The fourth-order valence-electron chi connectivity index (χ4n) is 8.44. The zero-order valence-corrected chi connectivity index (χ0v) is 35.0. The second kappa shape index (κ2) is 20.2.